The second-order valence-electron chi connectivity index (χ2n) is 4.84. The number of amides is 1. The van der Waals surface area contributed by atoms with Crippen LogP contribution >= 0.6 is 15.9 Å². The molecule has 0 saturated carbocycles. The molecule has 0 aliphatic heterocycles. The van der Waals surface area contributed by atoms with Gasteiger partial charge < -0.3 is 19.5 Å². The van der Waals surface area contributed by atoms with Crippen molar-refractivity contribution < 1.29 is 23.4 Å². The highest BCUT2D eigenvalue weighted by molar-refractivity contribution is 9.10. The number of ether oxygens (including phenoxy) is 3. The van der Waals surface area contributed by atoms with Gasteiger partial charge in [0.05, 0.1) is 26.9 Å². The summed E-state index contributed by atoms with van der Waals surface area (Å²) >= 11 is 3.22. The van der Waals surface area contributed by atoms with Gasteiger partial charge in [-0.15, -0.1) is 0 Å². The summed E-state index contributed by atoms with van der Waals surface area (Å²) in [6.07, 6.45) is 0. The van der Waals surface area contributed by atoms with Gasteiger partial charge in [-0.1, -0.05) is 15.9 Å². The second kappa shape index (κ2) is 8.01. The average Bonchev–Trinajstić information content (AvgIpc) is 2.60. The third-order valence-corrected chi connectivity index (χ3v) is 3.84. The van der Waals surface area contributed by atoms with Crippen LogP contribution in [0.15, 0.2) is 34.8 Å². The molecule has 24 heavy (non-hydrogen) atoms. The maximum Gasteiger partial charge on any atom is 0.254 e. The van der Waals surface area contributed by atoms with Crippen LogP contribution in [0.1, 0.15) is 15.9 Å². The molecular formula is C17H17BrFNO4. The molecule has 0 unspecified atom stereocenters. The lowest BCUT2D eigenvalue weighted by Crippen LogP contribution is -2.24. The molecule has 0 heterocycles. The summed E-state index contributed by atoms with van der Waals surface area (Å²) in [5, 5.41) is 2.67. The van der Waals surface area contributed by atoms with Crippen molar-refractivity contribution in [3.05, 3.63) is 51.7 Å². The van der Waals surface area contributed by atoms with Crippen LogP contribution in [0.2, 0.25) is 0 Å². The Bertz CT molecular complexity index is 726. The summed E-state index contributed by atoms with van der Waals surface area (Å²) in [5.74, 6) is 0.334. The van der Waals surface area contributed by atoms with Crippen LogP contribution in [-0.4, -0.2) is 27.2 Å². The maximum absolute atomic E-state index is 13.7. The summed E-state index contributed by atoms with van der Waals surface area (Å²) < 4.78 is 30.1. The molecule has 0 aliphatic carbocycles. The Balaban J connectivity index is 2.19. The molecule has 0 spiro atoms. The van der Waals surface area contributed by atoms with Crippen molar-refractivity contribution in [3.8, 4) is 17.2 Å². The Labute approximate surface area is 147 Å². The van der Waals surface area contributed by atoms with Crippen LogP contribution < -0.4 is 19.5 Å². The fourth-order valence-electron chi connectivity index (χ4n) is 2.19. The molecular weight excluding hydrogens is 381 g/mol. The highest BCUT2D eigenvalue weighted by Gasteiger charge is 2.15. The van der Waals surface area contributed by atoms with Crippen molar-refractivity contribution in [2.24, 2.45) is 0 Å². The first-order valence-electron chi connectivity index (χ1n) is 7.02. The largest absolute Gasteiger partial charge is 0.493 e. The lowest BCUT2D eigenvalue weighted by atomic mass is 10.1. The molecule has 2 aromatic carbocycles. The third kappa shape index (κ3) is 3.97. The Morgan fingerprint density at radius 2 is 1.71 bits per heavy atom. The minimum Gasteiger partial charge on any atom is -0.493 e. The first-order chi connectivity index (χ1) is 11.5. The van der Waals surface area contributed by atoms with Gasteiger partial charge in [0.25, 0.3) is 5.91 Å². The van der Waals surface area contributed by atoms with E-state index in [4.69, 9.17) is 14.2 Å². The Morgan fingerprint density at radius 1 is 1.08 bits per heavy atom. The number of hydrogen-bond acceptors (Lipinski definition) is 4. The fourth-order valence-corrected chi connectivity index (χ4v) is 2.55. The van der Waals surface area contributed by atoms with Crippen molar-refractivity contribution in [2.45, 2.75) is 6.54 Å². The summed E-state index contributed by atoms with van der Waals surface area (Å²) in [7, 11) is 4.53. The maximum atomic E-state index is 13.7. The first-order valence-corrected chi connectivity index (χ1v) is 7.81. The zero-order valence-corrected chi connectivity index (χ0v) is 15.1. The molecule has 0 atom stereocenters. The SMILES string of the molecule is COc1cc(CNC(=O)c2cc(Br)ccc2F)cc(OC)c1OC. The van der Waals surface area contributed by atoms with E-state index < -0.39 is 11.7 Å². The van der Waals surface area contributed by atoms with E-state index in [0.29, 0.717) is 21.7 Å². The summed E-state index contributed by atoms with van der Waals surface area (Å²) in [6.45, 7) is 0.182. The highest BCUT2D eigenvalue weighted by atomic mass is 79.9. The van der Waals surface area contributed by atoms with Crippen LogP contribution in [-0.2, 0) is 6.54 Å². The number of hydrogen-bond donors (Lipinski definition) is 1. The van der Waals surface area contributed by atoms with Crippen molar-refractivity contribution in [1.82, 2.24) is 5.32 Å². The van der Waals surface area contributed by atoms with E-state index in [1.807, 2.05) is 0 Å². The zero-order chi connectivity index (χ0) is 17.7. The van der Waals surface area contributed by atoms with E-state index in [1.54, 1.807) is 12.1 Å². The Kier molecular flexibility index (Phi) is 6.03. The van der Waals surface area contributed by atoms with Crippen LogP contribution in [0.3, 0.4) is 0 Å². The summed E-state index contributed by atoms with van der Waals surface area (Å²) in [5.41, 5.74) is 0.699. The molecule has 0 fully saturated rings. The number of halogens is 2. The van der Waals surface area contributed by atoms with Crippen LogP contribution in [0.4, 0.5) is 4.39 Å². The van der Waals surface area contributed by atoms with E-state index in [0.717, 1.165) is 5.56 Å². The van der Waals surface area contributed by atoms with Crippen LogP contribution in [0, 0.1) is 5.82 Å². The Morgan fingerprint density at radius 3 is 2.25 bits per heavy atom. The number of carbonyl (C=O) groups excluding carboxylic acids is 1. The number of methoxy groups -OCH3 is 3. The van der Waals surface area contributed by atoms with Crippen molar-refractivity contribution in [1.29, 1.82) is 0 Å². The van der Waals surface area contributed by atoms with Gasteiger partial charge in [0.1, 0.15) is 5.82 Å². The van der Waals surface area contributed by atoms with E-state index in [-0.39, 0.29) is 12.1 Å². The Hall–Kier alpha value is -2.28. The standard InChI is InChI=1S/C17H17BrFNO4/c1-22-14-6-10(7-15(23-2)16(14)24-3)9-20-17(21)12-8-11(18)4-5-13(12)19/h4-8H,9H2,1-3H3,(H,20,21). The predicted molar refractivity (Wildman–Crippen MR) is 91.4 cm³/mol. The topological polar surface area (TPSA) is 56.8 Å². The van der Waals surface area contributed by atoms with Crippen LogP contribution in [0.25, 0.3) is 0 Å². The fraction of sp³-hybridized carbons (Fsp3) is 0.235. The quantitative estimate of drug-likeness (QED) is 0.809. The van der Waals surface area contributed by atoms with E-state index >= 15 is 0 Å². The summed E-state index contributed by atoms with van der Waals surface area (Å²) in [4.78, 5) is 12.2. The normalized spacial score (nSPS) is 10.2. The highest BCUT2D eigenvalue weighted by Crippen LogP contribution is 2.38. The van der Waals surface area contributed by atoms with Gasteiger partial charge in [-0.2, -0.15) is 0 Å². The van der Waals surface area contributed by atoms with Gasteiger partial charge in [-0.25, -0.2) is 4.39 Å². The molecule has 7 heteroatoms. The van der Waals surface area contributed by atoms with Gasteiger partial charge >= 0.3 is 0 Å². The molecule has 0 saturated heterocycles. The zero-order valence-electron chi connectivity index (χ0n) is 13.5. The first kappa shape index (κ1) is 18.1. The van der Waals surface area contributed by atoms with Crippen molar-refractivity contribution in [3.63, 3.8) is 0 Å². The van der Waals surface area contributed by atoms with Crippen LogP contribution in [0.5, 0.6) is 17.2 Å². The average molecular weight is 398 g/mol. The van der Waals surface area contributed by atoms with Gasteiger partial charge in [0.15, 0.2) is 11.5 Å². The predicted octanol–water partition coefficient (Wildman–Crippen LogP) is 3.54. The number of carbonyl (C=O) groups is 1. The molecule has 2 rings (SSSR count). The number of rotatable bonds is 6. The minimum atomic E-state index is -0.583. The molecule has 0 radical (unpaired) electrons. The second-order valence-corrected chi connectivity index (χ2v) is 5.76. The molecule has 1 N–H and O–H groups in total. The van der Waals surface area contributed by atoms with Gasteiger partial charge in [-0.05, 0) is 35.9 Å². The van der Waals surface area contributed by atoms with Crippen molar-refractivity contribution >= 4 is 21.8 Å². The minimum absolute atomic E-state index is 0.0307. The lowest BCUT2D eigenvalue weighted by molar-refractivity contribution is 0.0946. The smallest absolute Gasteiger partial charge is 0.254 e. The number of nitrogens with one attached hydrogen (secondary N) is 1. The molecule has 0 aromatic heterocycles. The van der Waals surface area contributed by atoms with Gasteiger partial charge in [-0.3, -0.25) is 4.79 Å². The van der Waals surface area contributed by atoms with E-state index in [9.17, 15) is 9.18 Å². The lowest BCUT2D eigenvalue weighted by Gasteiger charge is -2.14. The third-order valence-electron chi connectivity index (χ3n) is 3.35. The van der Waals surface area contributed by atoms with Crippen molar-refractivity contribution in [2.75, 3.05) is 21.3 Å². The van der Waals surface area contributed by atoms with E-state index in [2.05, 4.69) is 21.2 Å². The monoisotopic (exact) mass is 397 g/mol. The van der Waals surface area contributed by atoms with Gasteiger partial charge in [0.2, 0.25) is 5.75 Å². The van der Waals surface area contributed by atoms with Gasteiger partial charge in [0, 0.05) is 11.0 Å². The summed E-state index contributed by atoms with van der Waals surface area (Å²) in [6, 6.07) is 7.64. The molecule has 128 valence electrons. The molecule has 0 bridgehead atoms. The molecule has 1 amide bonds. The van der Waals surface area contributed by atoms with E-state index in [1.165, 1.54) is 39.5 Å². The molecule has 2 aromatic rings. The molecule has 0 aliphatic rings. The number of benzene rings is 2. The molecule has 5 nitrogen and oxygen atoms in total.